The van der Waals surface area contributed by atoms with Gasteiger partial charge in [0.05, 0.1) is 26.4 Å². The molecule has 0 bridgehead atoms. The van der Waals surface area contributed by atoms with Crippen LogP contribution in [-0.2, 0) is 65.4 Å². The maximum absolute atomic E-state index is 12.9. The molecule has 5 atom stereocenters. The number of phosphoric acid groups is 2. The van der Waals surface area contributed by atoms with Gasteiger partial charge in [0.1, 0.15) is 19.3 Å². The molecular weight excluding hydrogens is 1070 g/mol. The van der Waals surface area contributed by atoms with Crippen LogP contribution in [0.25, 0.3) is 0 Å². The zero-order valence-electron chi connectivity index (χ0n) is 51.4. The maximum Gasteiger partial charge on any atom is 0.472 e. The first-order valence-electron chi connectivity index (χ1n) is 32.0. The summed E-state index contributed by atoms with van der Waals surface area (Å²) in [6, 6.07) is 0. The third-order valence-corrected chi connectivity index (χ3v) is 15.9. The Morgan fingerprint density at radius 3 is 0.850 bits per heavy atom. The molecule has 0 aromatic rings. The Bertz CT molecular complexity index is 1580. The lowest BCUT2D eigenvalue weighted by Gasteiger charge is -2.21. The summed E-state index contributed by atoms with van der Waals surface area (Å²) in [6.07, 6.45) is 35.1. The third-order valence-electron chi connectivity index (χ3n) is 14.0. The van der Waals surface area contributed by atoms with Crippen molar-refractivity contribution in [2.75, 3.05) is 39.6 Å². The Kier molecular flexibility index (Phi) is 52.5. The second kappa shape index (κ2) is 53.8. The summed E-state index contributed by atoms with van der Waals surface area (Å²) in [7, 11) is -9.87. The average molecular weight is 1190 g/mol. The summed E-state index contributed by atoms with van der Waals surface area (Å²) in [5, 5.41) is 10.5. The average Bonchev–Trinajstić information content (AvgIpc) is 3.41. The Hall–Kier alpha value is -1.94. The highest BCUT2D eigenvalue weighted by molar-refractivity contribution is 7.47. The molecule has 0 saturated heterocycles. The Morgan fingerprint density at radius 1 is 0.338 bits per heavy atom. The molecule has 474 valence electrons. The van der Waals surface area contributed by atoms with Crippen molar-refractivity contribution in [2.45, 2.75) is 317 Å². The third kappa shape index (κ3) is 55.3. The van der Waals surface area contributed by atoms with E-state index < -0.39 is 97.5 Å². The van der Waals surface area contributed by atoms with E-state index in [1.165, 1.54) is 96.3 Å². The molecule has 80 heavy (non-hydrogen) atoms. The van der Waals surface area contributed by atoms with E-state index in [0.29, 0.717) is 31.6 Å². The molecule has 0 radical (unpaired) electrons. The molecule has 0 spiro atoms. The number of ether oxygens (including phenoxy) is 4. The summed E-state index contributed by atoms with van der Waals surface area (Å²) in [4.78, 5) is 71.9. The van der Waals surface area contributed by atoms with E-state index in [4.69, 9.17) is 37.0 Å². The largest absolute Gasteiger partial charge is 0.472 e. The summed E-state index contributed by atoms with van der Waals surface area (Å²) in [5.41, 5.74) is 0. The van der Waals surface area contributed by atoms with E-state index in [2.05, 4.69) is 41.5 Å². The fourth-order valence-corrected chi connectivity index (χ4v) is 10.6. The van der Waals surface area contributed by atoms with Gasteiger partial charge < -0.3 is 33.8 Å². The minimum absolute atomic E-state index is 0.104. The molecule has 19 heteroatoms. The summed E-state index contributed by atoms with van der Waals surface area (Å²) in [5.74, 6) is -0.688. The number of carbonyl (C=O) groups excluding carboxylic acids is 4. The molecule has 2 unspecified atom stereocenters. The number of rotatable bonds is 60. The van der Waals surface area contributed by atoms with Crippen molar-refractivity contribution in [3.05, 3.63) is 0 Å². The van der Waals surface area contributed by atoms with Crippen molar-refractivity contribution in [2.24, 2.45) is 11.8 Å². The minimum atomic E-state index is -4.94. The lowest BCUT2D eigenvalue weighted by Crippen LogP contribution is -2.30. The number of unbranched alkanes of at least 4 members (excludes halogenated alkanes) is 30. The van der Waals surface area contributed by atoms with Crippen LogP contribution in [0.5, 0.6) is 0 Å². The molecule has 0 aliphatic heterocycles. The summed E-state index contributed by atoms with van der Waals surface area (Å²) < 4.78 is 67.7. The van der Waals surface area contributed by atoms with Crippen LogP contribution in [0, 0.1) is 11.8 Å². The van der Waals surface area contributed by atoms with Gasteiger partial charge in [-0.25, -0.2) is 9.13 Å². The Balaban J connectivity index is 5.19. The van der Waals surface area contributed by atoms with Gasteiger partial charge in [0.25, 0.3) is 0 Å². The van der Waals surface area contributed by atoms with Gasteiger partial charge in [-0.3, -0.25) is 37.3 Å². The zero-order valence-corrected chi connectivity index (χ0v) is 53.2. The van der Waals surface area contributed by atoms with E-state index in [1.54, 1.807) is 0 Å². The molecule has 0 aromatic carbocycles. The fourth-order valence-electron chi connectivity index (χ4n) is 9.00. The lowest BCUT2D eigenvalue weighted by molar-refractivity contribution is -0.161. The van der Waals surface area contributed by atoms with E-state index in [1.807, 2.05) is 0 Å². The molecule has 0 amide bonds. The number of esters is 4. The molecule has 3 N–H and O–H groups in total. The van der Waals surface area contributed by atoms with Crippen LogP contribution in [0.1, 0.15) is 298 Å². The topological polar surface area (TPSA) is 237 Å². The molecule has 0 saturated carbocycles. The predicted molar refractivity (Wildman–Crippen MR) is 317 cm³/mol. The van der Waals surface area contributed by atoms with Crippen LogP contribution in [0.4, 0.5) is 0 Å². The smallest absolute Gasteiger partial charge is 0.462 e. The molecule has 17 nitrogen and oxygen atoms in total. The standard InChI is InChI=1S/C61H118O17P2/c1-7-9-11-13-15-24-31-37-43-58(63)71-49-56(77-60(65)45-39-33-25-16-14-12-10-8-2)51-75-79(67,68)73-47-55(62)48-74-80(69,70)76-52-57(50-72-59(64)44-38-32-28-27-30-36-42-54(5)6)78-61(66)46-40-34-26-22-20-18-17-19-21-23-29-35-41-53(3)4/h53-57,62H,7-52H2,1-6H3,(H,67,68)(H,69,70)/t55-,56+,57+/m0/s1. The second-order valence-corrected chi connectivity index (χ2v) is 25.9. The minimum Gasteiger partial charge on any atom is -0.462 e. The number of carbonyl (C=O) groups is 4. The van der Waals surface area contributed by atoms with E-state index in [-0.39, 0.29) is 25.7 Å². The van der Waals surface area contributed by atoms with Gasteiger partial charge in [0.15, 0.2) is 12.2 Å². The molecule has 0 aliphatic rings. The first-order valence-corrected chi connectivity index (χ1v) is 35.0. The molecule has 0 rings (SSSR count). The first-order chi connectivity index (χ1) is 38.4. The molecule has 0 aliphatic carbocycles. The van der Waals surface area contributed by atoms with E-state index in [9.17, 15) is 43.2 Å². The van der Waals surface area contributed by atoms with Crippen molar-refractivity contribution in [1.29, 1.82) is 0 Å². The number of aliphatic hydroxyl groups is 1. The highest BCUT2D eigenvalue weighted by Gasteiger charge is 2.30. The van der Waals surface area contributed by atoms with Gasteiger partial charge in [-0.05, 0) is 37.5 Å². The van der Waals surface area contributed by atoms with Crippen LogP contribution in [-0.4, -0.2) is 96.7 Å². The predicted octanol–water partition coefficient (Wildman–Crippen LogP) is 16.5. The summed E-state index contributed by atoms with van der Waals surface area (Å²) in [6.45, 7) is 9.34. The van der Waals surface area contributed by atoms with Gasteiger partial charge in [0.2, 0.25) is 0 Å². The SMILES string of the molecule is CCCCCCCCCCC(=O)OC[C@H](COP(=O)(O)OC[C@H](O)COP(=O)(O)OC[C@@H](COC(=O)CCCCCCCCC(C)C)OC(=O)CCCCCCCCCCCCCCC(C)C)OC(=O)CCCCCCCCCC. The Labute approximate surface area is 486 Å². The molecule has 0 aromatic heterocycles. The lowest BCUT2D eigenvalue weighted by atomic mass is 10.0. The highest BCUT2D eigenvalue weighted by Crippen LogP contribution is 2.45. The Morgan fingerprint density at radius 2 is 0.575 bits per heavy atom. The van der Waals surface area contributed by atoms with Crippen molar-refractivity contribution in [3.63, 3.8) is 0 Å². The van der Waals surface area contributed by atoms with E-state index >= 15 is 0 Å². The second-order valence-electron chi connectivity index (χ2n) is 23.0. The molecular formula is C61H118O17P2. The van der Waals surface area contributed by atoms with Gasteiger partial charge in [-0.15, -0.1) is 0 Å². The highest BCUT2D eigenvalue weighted by atomic mass is 31.2. The number of phosphoric ester groups is 2. The number of hydrogen-bond donors (Lipinski definition) is 3. The fraction of sp³-hybridized carbons (Fsp3) is 0.934. The zero-order chi connectivity index (χ0) is 59.4. The molecule has 0 heterocycles. The van der Waals surface area contributed by atoms with E-state index in [0.717, 1.165) is 115 Å². The van der Waals surface area contributed by atoms with Gasteiger partial charge in [-0.2, -0.15) is 0 Å². The van der Waals surface area contributed by atoms with Crippen molar-refractivity contribution >= 4 is 39.5 Å². The van der Waals surface area contributed by atoms with Crippen molar-refractivity contribution in [1.82, 2.24) is 0 Å². The van der Waals surface area contributed by atoms with Crippen LogP contribution in [0.2, 0.25) is 0 Å². The van der Waals surface area contributed by atoms with Crippen molar-refractivity contribution in [3.8, 4) is 0 Å². The van der Waals surface area contributed by atoms with Gasteiger partial charge in [-0.1, -0.05) is 247 Å². The number of hydrogen-bond acceptors (Lipinski definition) is 15. The van der Waals surface area contributed by atoms with Crippen LogP contribution in [0.15, 0.2) is 0 Å². The number of aliphatic hydroxyl groups excluding tert-OH is 1. The van der Waals surface area contributed by atoms with Gasteiger partial charge in [0, 0.05) is 25.7 Å². The molecule has 0 fully saturated rings. The van der Waals surface area contributed by atoms with Crippen LogP contribution < -0.4 is 0 Å². The van der Waals surface area contributed by atoms with Crippen LogP contribution in [0.3, 0.4) is 0 Å². The monoisotopic (exact) mass is 1180 g/mol. The first kappa shape index (κ1) is 78.1. The normalized spacial score (nSPS) is 14.4. The maximum atomic E-state index is 12.9. The van der Waals surface area contributed by atoms with Crippen molar-refractivity contribution < 1.29 is 80.2 Å². The quantitative estimate of drug-likeness (QED) is 0.0222. The van der Waals surface area contributed by atoms with Gasteiger partial charge >= 0.3 is 39.5 Å². The van der Waals surface area contributed by atoms with Crippen LogP contribution >= 0.6 is 15.6 Å². The summed E-state index contributed by atoms with van der Waals surface area (Å²) >= 11 is 0.